The van der Waals surface area contributed by atoms with E-state index in [9.17, 15) is 5.11 Å². The molecule has 1 N–H and O–H groups in total. The molecule has 0 radical (unpaired) electrons. The first-order valence-electron chi connectivity index (χ1n) is 10.3. The molecule has 2 aromatic rings. The molecule has 2 aromatic carbocycles. The number of benzene rings is 2. The van der Waals surface area contributed by atoms with E-state index in [1.165, 1.54) is 5.56 Å². The van der Waals surface area contributed by atoms with Gasteiger partial charge in [-0.1, -0.05) is 59.7 Å². The molecule has 1 unspecified atom stereocenters. The van der Waals surface area contributed by atoms with Gasteiger partial charge < -0.3 is 14.6 Å². The van der Waals surface area contributed by atoms with Crippen molar-refractivity contribution in [3.05, 3.63) is 58.7 Å². The van der Waals surface area contributed by atoms with E-state index < -0.39 is 0 Å². The molecule has 1 atom stereocenters. The fraction of sp³-hybridized carbons (Fsp3) is 0.538. The van der Waals surface area contributed by atoms with Crippen LogP contribution in [0.25, 0.3) is 0 Å². The molecule has 0 fully saturated rings. The molecule has 160 valence electrons. The summed E-state index contributed by atoms with van der Waals surface area (Å²) in [5.41, 5.74) is 3.31. The van der Waals surface area contributed by atoms with Gasteiger partial charge in [-0.25, -0.2) is 0 Å². The summed E-state index contributed by atoms with van der Waals surface area (Å²) < 4.78 is 11.8. The Labute approximate surface area is 177 Å². The largest absolute Gasteiger partial charge is 0.507 e. The van der Waals surface area contributed by atoms with Gasteiger partial charge in [-0.2, -0.15) is 0 Å². The highest BCUT2D eigenvalue weighted by Crippen LogP contribution is 2.43. The van der Waals surface area contributed by atoms with Crippen molar-refractivity contribution in [1.82, 2.24) is 0 Å². The van der Waals surface area contributed by atoms with Gasteiger partial charge in [0.25, 0.3) is 0 Å². The monoisotopic (exact) mass is 398 g/mol. The molecule has 0 saturated carbocycles. The van der Waals surface area contributed by atoms with E-state index in [1.807, 2.05) is 45.0 Å². The molecule has 0 aliphatic carbocycles. The Morgan fingerprint density at radius 3 is 1.76 bits per heavy atom. The summed E-state index contributed by atoms with van der Waals surface area (Å²) in [5, 5.41) is 11.3. The maximum atomic E-state index is 11.3. The van der Waals surface area contributed by atoms with Crippen molar-refractivity contribution in [3.8, 4) is 11.5 Å². The zero-order valence-corrected chi connectivity index (χ0v) is 19.8. The van der Waals surface area contributed by atoms with Crippen LogP contribution in [0.4, 0.5) is 0 Å². The third-order valence-corrected chi connectivity index (χ3v) is 4.99. The van der Waals surface area contributed by atoms with Crippen LogP contribution >= 0.6 is 0 Å². The molecule has 0 aliphatic rings. The first-order valence-corrected chi connectivity index (χ1v) is 10.3. The molecule has 3 heteroatoms. The number of phenols is 1. The van der Waals surface area contributed by atoms with Gasteiger partial charge in [-0.15, -0.1) is 0 Å². The Hall–Kier alpha value is -2.00. The smallest absolute Gasteiger partial charge is 0.125 e. The third-order valence-electron chi connectivity index (χ3n) is 4.99. The van der Waals surface area contributed by atoms with Crippen LogP contribution in [0.3, 0.4) is 0 Å². The van der Waals surface area contributed by atoms with Crippen LogP contribution in [-0.2, 0) is 15.6 Å². The van der Waals surface area contributed by atoms with Crippen LogP contribution in [0.15, 0.2) is 36.4 Å². The summed E-state index contributed by atoms with van der Waals surface area (Å²) in [6.07, 6.45) is -0.385. The van der Waals surface area contributed by atoms with Gasteiger partial charge in [0.05, 0.1) is 12.7 Å². The lowest BCUT2D eigenvalue weighted by molar-refractivity contribution is -0.0437. The van der Waals surface area contributed by atoms with Crippen molar-refractivity contribution in [2.24, 2.45) is 0 Å². The third kappa shape index (κ3) is 5.76. The molecule has 0 saturated heterocycles. The maximum Gasteiger partial charge on any atom is 0.125 e. The van der Waals surface area contributed by atoms with Crippen molar-refractivity contribution in [3.63, 3.8) is 0 Å². The van der Waals surface area contributed by atoms with Crippen molar-refractivity contribution in [2.45, 2.75) is 84.8 Å². The topological polar surface area (TPSA) is 38.7 Å². The van der Waals surface area contributed by atoms with Gasteiger partial charge >= 0.3 is 0 Å². The minimum Gasteiger partial charge on any atom is -0.507 e. The fourth-order valence-corrected chi connectivity index (χ4v) is 3.30. The minimum absolute atomic E-state index is 0.0470. The maximum absolute atomic E-state index is 11.3. The van der Waals surface area contributed by atoms with E-state index in [1.54, 1.807) is 7.11 Å². The summed E-state index contributed by atoms with van der Waals surface area (Å²) in [6.45, 7) is 19.1. The standard InChI is InChI=1S/C26H38O3/c1-24(2,3)18-15-20(22(27)21(16-18)25(4,5)6)23(29-26(7,8)9)17-11-13-19(28-10)14-12-17/h11-16,23,27H,1-10H3. The number of rotatable bonds is 4. The average molecular weight is 399 g/mol. The van der Waals surface area contributed by atoms with Crippen molar-refractivity contribution in [1.29, 1.82) is 0 Å². The number of hydrogen-bond donors (Lipinski definition) is 1. The first-order chi connectivity index (χ1) is 13.1. The lowest BCUT2D eigenvalue weighted by Gasteiger charge is -2.33. The molecule has 0 heterocycles. The number of ether oxygens (including phenoxy) is 2. The lowest BCUT2D eigenvalue weighted by atomic mass is 9.78. The number of methoxy groups -OCH3 is 1. The number of phenolic OH excluding ortho intramolecular Hbond substituents is 1. The van der Waals surface area contributed by atoms with Crippen molar-refractivity contribution in [2.75, 3.05) is 7.11 Å². The predicted molar refractivity (Wildman–Crippen MR) is 121 cm³/mol. The molecule has 0 aromatic heterocycles. The van der Waals surface area contributed by atoms with Crippen LogP contribution in [0.2, 0.25) is 0 Å². The summed E-state index contributed by atoms with van der Waals surface area (Å²) >= 11 is 0. The van der Waals surface area contributed by atoms with Crippen LogP contribution in [0.5, 0.6) is 11.5 Å². The highest BCUT2D eigenvalue weighted by Gasteiger charge is 2.31. The quantitative estimate of drug-likeness (QED) is 0.609. The second-order valence-corrected chi connectivity index (χ2v) is 10.8. The highest BCUT2D eigenvalue weighted by atomic mass is 16.5. The fourth-order valence-electron chi connectivity index (χ4n) is 3.30. The van der Waals surface area contributed by atoms with Gasteiger partial charge in [0, 0.05) is 5.56 Å². The normalized spacial score (nSPS) is 14.0. The molecular formula is C26H38O3. The number of aromatic hydroxyl groups is 1. The SMILES string of the molecule is COc1ccc(C(OC(C)(C)C)c2cc(C(C)(C)C)cc(C(C)(C)C)c2O)cc1. The Kier molecular flexibility index (Phi) is 6.44. The second kappa shape index (κ2) is 8.02. The van der Waals surface area contributed by atoms with Crippen LogP contribution in [0, 0.1) is 0 Å². The Bertz CT molecular complexity index is 828. The van der Waals surface area contributed by atoms with Gasteiger partial charge in [-0.05, 0) is 66.5 Å². The van der Waals surface area contributed by atoms with E-state index in [0.717, 1.165) is 22.4 Å². The van der Waals surface area contributed by atoms with E-state index in [0.29, 0.717) is 5.75 Å². The summed E-state index contributed by atoms with van der Waals surface area (Å²) in [6, 6.07) is 12.1. The van der Waals surface area contributed by atoms with Gasteiger partial charge in [0.15, 0.2) is 0 Å². The van der Waals surface area contributed by atoms with Gasteiger partial charge in [-0.3, -0.25) is 0 Å². The Morgan fingerprint density at radius 2 is 1.34 bits per heavy atom. The van der Waals surface area contributed by atoms with Crippen LogP contribution in [-0.4, -0.2) is 17.8 Å². The van der Waals surface area contributed by atoms with Crippen LogP contribution < -0.4 is 4.74 Å². The Morgan fingerprint density at radius 1 is 0.793 bits per heavy atom. The predicted octanol–water partition coefficient (Wildman–Crippen LogP) is 6.90. The summed E-state index contributed by atoms with van der Waals surface area (Å²) in [7, 11) is 1.66. The molecule has 0 spiro atoms. The van der Waals surface area contributed by atoms with Gasteiger partial charge in [0.1, 0.15) is 17.6 Å². The number of hydrogen-bond acceptors (Lipinski definition) is 3. The van der Waals surface area contributed by atoms with Gasteiger partial charge in [0.2, 0.25) is 0 Å². The lowest BCUT2D eigenvalue weighted by Crippen LogP contribution is -2.25. The highest BCUT2D eigenvalue weighted by molar-refractivity contribution is 5.52. The van der Waals surface area contributed by atoms with E-state index in [4.69, 9.17) is 9.47 Å². The van der Waals surface area contributed by atoms with Crippen LogP contribution in [0.1, 0.15) is 90.7 Å². The molecule has 0 bridgehead atoms. The Balaban J connectivity index is 2.77. The molecule has 0 amide bonds. The summed E-state index contributed by atoms with van der Waals surface area (Å²) in [5.74, 6) is 1.11. The molecular weight excluding hydrogens is 360 g/mol. The molecule has 29 heavy (non-hydrogen) atoms. The zero-order valence-electron chi connectivity index (χ0n) is 19.8. The van der Waals surface area contributed by atoms with E-state index >= 15 is 0 Å². The van der Waals surface area contributed by atoms with E-state index in [2.05, 4.69) is 53.7 Å². The van der Waals surface area contributed by atoms with Crippen molar-refractivity contribution >= 4 is 0 Å². The summed E-state index contributed by atoms with van der Waals surface area (Å²) in [4.78, 5) is 0. The second-order valence-electron chi connectivity index (χ2n) is 10.8. The van der Waals surface area contributed by atoms with Crippen molar-refractivity contribution < 1.29 is 14.6 Å². The molecule has 2 rings (SSSR count). The van der Waals surface area contributed by atoms with E-state index in [-0.39, 0.29) is 22.5 Å². The molecule has 3 nitrogen and oxygen atoms in total. The minimum atomic E-state index is -0.385. The average Bonchev–Trinajstić information content (AvgIpc) is 2.57. The molecule has 0 aliphatic heterocycles. The zero-order chi connectivity index (χ0) is 22.2. The first kappa shape index (κ1) is 23.3.